The summed E-state index contributed by atoms with van der Waals surface area (Å²) in [6, 6.07) is 3.09. The number of hydrogen-bond donors (Lipinski definition) is 0. The highest BCUT2D eigenvalue weighted by Crippen LogP contribution is 2.47. The molecule has 226 valence electrons. The molecule has 3 aliphatic heterocycles. The maximum Gasteiger partial charge on any atom is 0.514 e. The highest BCUT2D eigenvalue weighted by atomic mass is 32.2. The van der Waals surface area contributed by atoms with E-state index in [0.717, 1.165) is 12.1 Å². The van der Waals surface area contributed by atoms with Crippen molar-refractivity contribution in [2.75, 3.05) is 38.0 Å². The number of carbonyl (C=O) groups excluding carboxylic acids is 3. The topological polar surface area (TPSA) is 117 Å². The molecule has 0 radical (unpaired) electrons. The van der Waals surface area contributed by atoms with Crippen molar-refractivity contribution >= 4 is 29.8 Å². The fraction of sp³-hybridized carbons (Fsp3) is 0.379. The maximum absolute atomic E-state index is 15.3. The molecule has 2 unspecified atom stereocenters. The van der Waals surface area contributed by atoms with Crippen molar-refractivity contribution in [3.63, 3.8) is 0 Å². The zero-order valence-electron chi connectivity index (χ0n) is 22.9. The number of fused-ring (bicyclic) bond motifs is 4. The number of nitrogens with zero attached hydrogens (tertiary/aromatic N) is 3. The Balaban J connectivity index is 1.50. The van der Waals surface area contributed by atoms with E-state index in [0.29, 0.717) is 5.56 Å². The molecule has 2 aromatic rings. The molecular weight excluding hydrogens is 588 g/mol. The summed E-state index contributed by atoms with van der Waals surface area (Å²) in [5.41, 5.74) is -0.318. The van der Waals surface area contributed by atoms with Gasteiger partial charge in [0.25, 0.3) is 5.91 Å². The number of esters is 1. The van der Waals surface area contributed by atoms with Crippen LogP contribution in [0.25, 0.3) is 0 Å². The lowest BCUT2D eigenvalue weighted by molar-refractivity contribution is -0.146. The van der Waals surface area contributed by atoms with Crippen molar-refractivity contribution in [2.45, 2.75) is 30.1 Å². The number of morpholine rings is 1. The number of amides is 1. The first-order valence-electron chi connectivity index (χ1n) is 13.7. The lowest BCUT2D eigenvalue weighted by atomic mass is 9.84. The van der Waals surface area contributed by atoms with Gasteiger partial charge in [0.05, 0.1) is 25.9 Å². The second kappa shape index (κ2) is 11.8. The van der Waals surface area contributed by atoms with Crippen molar-refractivity contribution in [1.29, 1.82) is 0 Å². The molecule has 1 aromatic heterocycles. The molecule has 4 heterocycles. The summed E-state index contributed by atoms with van der Waals surface area (Å²) in [5.74, 6) is -3.98. The van der Waals surface area contributed by atoms with E-state index in [4.69, 9.17) is 18.9 Å². The number of carbonyl (C=O) groups is 3. The molecule has 14 heteroatoms. The monoisotopic (exact) mass is 615 g/mol. The number of ether oxygens (including phenoxy) is 4. The van der Waals surface area contributed by atoms with Crippen LogP contribution in [0.15, 0.2) is 53.5 Å². The Morgan fingerprint density at radius 1 is 1.12 bits per heavy atom. The normalized spacial score (nSPS) is 23.8. The van der Waals surface area contributed by atoms with Crippen LogP contribution in [-0.4, -0.2) is 72.0 Å². The summed E-state index contributed by atoms with van der Waals surface area (Å²) < 4.78 is 51.8. The molecule has 0 spiro atoms. The van der Waals surface area contributed by atoms with Crippen LogP contribution in [0.3, 0.4) is 0 Å². The highest BCUT2D eigenvalue weighted by molar-refractivity contribution is 7.99. The number of hydrogen-bond acceptors (Lipinski definition) is 10. The quantitative estimate of drug-likeness (QED) is 0.465. The number of halogens is 2. The van der Waals surface area contributed by atoms with Gasteiger partial charge < -0.3 is 23.8 Å². The van der Waals surface area contributed by atoms with Crippen LogP contribution in [0.2, 0.25) is 0 Å². The average molecular weight is 616 g/mol. The molecule has 43 heavy (non-hydrogen) atoms. The van der Waals surface area contributed by atoms with Crippen molar-refractivity contribution < 1.29 is 42.1 Å². The Bertz CT molecular complexity index is 1590. The Hall–Kier alpha value is -4.17. The maximum atomic E-state index is 15.3. The molecule has 1 fully saturated rings. The van der Waals surface area contributed by atoms with E-state index >= 15 is 4.39 Å². The minimum atomic E-state index is -1.38. The van der Waals surface area contributed by atoms with Gasteiger partial charge in [0.15, 0.2) is 23.9 Å². The largest absolute Gasteiger partial charge is 0.514 e. The zero-order valence-corrected chi connectivity index (χ0v) is 23.8. The molecule has 11 nitrogen and oxygen atoms in total. The smallest absolute Gasteiger partial charge is 0.463 e. The summed E-state index contributed by atoms with van der Waals surface area (Å²) in [7, 11) is 0. The van der Waals surface area contributed by atoms with Crippen LogP contribution < -0.4 is 15.2 Å². The Kier molecular flexibility index (Phi) is 7.97. The van der Waals surface area contributed by atoms with Crippen LogP contribution in [0.5, 0.6) is 5.75 Å². The Morgan fingerprint density at radius 3 is 2.74 bits per heavy atom. The highest BCUT2D eigenvalue weighted by Gasteiger charge is 2.48. The van der Waals surface area contributed by atoms with Crippen LogP contribution in [-0.2, 0) is 24.8 Å². The molecule has 1 aromatic carbocycles. The van der Waals surface area contributed by atoms with Gasteiger partial charge in [0.2, 0.25) is 11.2 Å². The molecule has 0 bridgehead atoms. The van der Waals surface area contributed by atoms with E-state index in [1.807, 2.05) is 24.3 Å². The van der Waals surface area contributed by atoms with Gasteiger partial charge in [0, 0.05) is 41.3 Å². The first-order chi connectivity index (χ1) is 20.8. The van der Waals surface area contributed by atoms with Gasteiger partial charge >= 0.3 is 12.1 Å². The predicted molar refractivity (Wildman–Crippen MR) is 149 cm³/mol. The van der Waals surface area contributed by atoms with Gasteiger partial charge in [-0.2, -0.15) is 0 Å². The van der Waals surface area contributed by atoms with Crippen LogP contribution in [0, 0.1) is 17.6 Å². The predicted octanol–water partition coefficient (Wildman–Crippen LogP) is 3.05. The Labute approximate surface area is 248 Å². The summed E-state index contributed by atoms with van der Waals surface area (Å²) in [4.78, 5) is 52.7. The summed E-state index contributed by atoms with van der Waals surface area (Å²) in [5, 5.41) is 1.67. The first-order valence-corrected chi connectivity index (χ1v) is 14.7. The summed E-state index contributed by atoms with van der Waals surface area (Å²) in [6.07, 6.45) is 7.05. The second-order valence-corrected chi connectivity index (χ2v) is 11.2. The molecule has 0 saturated carbocycles. The van der Waals surface area contributed by atoms with Crippen molar-refractivity contribution in [3.05, 3.63) is 87.4 Å². The van der Waals surface area contributed by atoms with E-state index in [-0.39, 0.29) is 54.5 Å². The molecule has 4 aliphatic rings. The van der Waals surface area contributed by atoms with Gasteiger partial charge in [-0.15, -0.1) is 11.8 Å². The number of rotatable bonds is 5. The third-order valence-electron chi connectivity index (χ3n) is 7.70. The van der Waals surface area contributed by atoms with Crippen molar-refractivity contribution in [1.82, 2.24) is 9.58 Å². The standard InChI is InChI=1S/C29H27F2N3O8S/c1-2-40-23(36)14-41-29(38)42-27-20(35)9-10-33-26(27)28(37)32-11-12-39-13-22(32)34(33)25-16-7-8-19(30)24(31)18(16)15-43-21-6-4-3-5-17(21)25/h3-10,17,21-22,25H,2,11-15H2,1H3/t17?,21?,22-,25+/m1/s1. The zero-order chi connectivity index (χ0) is 30.2. The number of aromatic nitrogens is 1. The fourth-order valence-corrected chi connectivity index (χ4v) is 7.18. The summed E-state index contributed by atoms with van der Waals surface area (Å²) >= 11 is 1.47. The van der Waals surface area contributed by atoms with Crippen molar-refractivity contribution in [3.8, 4) is 5.75 Å². The van der Waals surface area contributed by atoms with Crippen LogP contribution in [0.1, 0.15) is 34.6 Å². The van der Waals surface area contributed by atoms with Gasteiger partial charge in [-0.05, 0) is 18.6 Å². The minimum absolute atomic E-state index is 0.0714. The molecule has 1 amide bonds. The van der Waals surface area contributed by atoms with Crippen LogP contribution >= 0.6 is 11.8 Å². The third kappa shape index (κ3) is 5.18. The molecular formula is C29H27F2N3O8S. The van der Waals surface area contributed by atoms with E-state index in [1.165, 1.54) is 27.5 Å². The molecule has 1 saturated heterocycles. The van der Waals surface area contributed by atoms with Gasteiger partial charge in [0.1, 0.15) is 6.17 Å². The van der Waals surface area contributed by atoms with Crippen molar-refractivity contribution in [2.24, 2.45) is 5.92 Å². The van der Waals surface area contributed by atoms with Crippen LogP contribution in [0.4, 0.5) is 13.6 Å². The second-order valence-electron chi connectivity index (χ2n) is 10.1. The number of thioether (sulfide) groups is 1. The van der Waals surface area contributed by atoms with E-state index in [1.54, 1.807) is 18.0 Å². The Morgan fingerprint density at radius 2 is 1.93 bits per heavy atom. The minimum Gasteiger partial charge on any atom is -0.463 e. The van der Waals surface area contributed by atoms with E-state index in [2.05, 4.69) is 0 Å². The number of pyridine rings is 1. The van der Waals surface area contributed by atoms with Gasteiger partial charge in [-0.3, -0.25) is 19.3 Å². The molecule has 1 aliphatic carbocycles. The molecule has 0 N–H and O–H groups in total. The van der Waals surface area contributed by atoms with Gasteiger partial charge in [-0.25, -0.2) is 18.4 Å². The third-order valence-corrected chi connectivity index (χ3v) is 9.01. The van der Waals surface area contributed by atoms with E-state index < -0.39 is 59.7 Å². The summed E-state index contributed by atoms with van der Waals surface area (Å²) in [6.45, 7) is 1.37. The van der Waals surface area contributed by atoms with Gasteiger partial charge in [-0.1, -0.05) is 30.4 Å². The SMILES string of the molecule is CCOC(=O)COC(=O)Oc1c2n(ccc1=O)N([C@H]1c3ccc(F)c(F)c3CSC3C=CC=CC31)[C@@H]1COCCN1C2=O. The molecule has 4 atom stereocenters. The number of benzene rings is 1. The lowest BCUT2D eigenvalue weighted by Gasteiger charge is -2.53. The van der Waals surface area contributed by atoms with E-state index in [9.17, 15) is 23.6 Å². The first kappa shape index (κ1) is 28.9. The number of allylic oxidation sites excluding steroid dienone is 2. The fourth-order valence-electron chi connectivity index (χ4n) is 5.87. The lowest BCUT2D eigenvalue weighted by Crippen LogP contribution is -2.67. The molecule has 6 rings (SSSR count). The average Bonchev–Trinajstić information content (AvgIpc) is 3.17.